The zero-order chi connectivity index (χ0) is 12.0. The molecule has 1 aliphatic rings. The third-order valence-corrected chi connectivity index (χ3v) is 2.67. The molecule has 0 bridgehead atoms. The highest BCUT2D eigenvalue weighted by Crippen LogP contribution is 2.24. The van der Waals surface area contributed by atoms with E-state index < -0.39 is 5.97 Å². The Morgan fingerprint density at radius 3 is 2.88 bits per heavy atom. The maximum Gasteiger partial charge on any atom is 0.329 e. The van der Waals surface area contributed by atoms with Crippen LogP contribution in [-0.2, 0) is 14.3 Å². The van der Waals surface area contributed by atoms with Gasteiger partial charge in [0.05, 0.1) is 12.0 Å². The number of carbonyl (C=O) groups is 2. The zero-order valence-electron chi connectivity index (χ0n) is 9.41. The van der Waals surface area contributed by atoms with E-state index in [0.717, 1.165) is 13.0 Å². The van der Waals surface area contributed by atoms with E-state index in [-0.39, 0.29) is 24.5 Å². The molecule has 0 radical (unpaired) electrons. The van der Waals surface area contributed by atoms with Gasteiger partial charge < -0.3 is 20.5 Å². The molecular formula is C10H18N2O4. The Bertz CT molecular complexity index is 262. The van der Waals surface area contributed by atoms with E-state index in [1.165, 1.54) is 0 Å². The number of amides is 1. The molecule has 92 valence electrons. The van der Waals surface area contributed by atoms with Crippen LogP contribution in [0.5, 0.6) is 0 Å². The summed E-state index contributed by atoms with van der Waals surface area (Å²) in [5, 5.41) is 14.2. The fourth-order valence-corrected chi connectivity index (χ4v) is 1.62. The molecule has 6 heteroatoms. The molecule has 3 N–H and O–H groups in total. The van der Waals surface area contributed by atoms with Crippen molar-refractivity contribution in [1.29, 1.82) is 0 Å². The summed E-state index contributed by atoms with van der Waals surface area (Å²) in [5.74, 6) is -1.00. The number of nitrogens with one attached hydrogen (secondary N) is 2. The van der Waals surface area contributed by atoms with Crippen molar-refractivity contribution < 1.29 is 19.4 Å². The lowest BCUT2D eigenvalue weighted by Crippen LogP contribution is -2.41. The number of carbonyl (C=O) groups excluding carboxylic acids is 1. The van der Waals surface area contributed by atoms with Gasteiger partial charge in [0.15, 0.2) is 0 Å². The largest absolute Gasteiger partial charge is 0.480 e. The third kappa shape index (κ3) is 3.79. The second kappa shape index (κ2) is 5.81. The minimum Gasteiger partial charge on any atom is -0.480 e. The highest BCUT2D eigenvalue weighted by Gasteiger charge is 2.35. The van der Waals surface area contributed by atoms with Gasteiger partial charge in [-0.3, -0.25) is 4.79 Å². The first-order chi connectivity index (χ1) is 7.54. The lowest BCUT2D eigenvalue weighted by Gasteiger charge is -2.21. The molecule has 0 spiro atoms. The molecule has 0 aromatic rings. The van der Waals surface area contributed by atoms with Gasteiger partial charge in [0, 0.05) is 13.1 Å². The summed E-state index contributed by atoms with van der Waals surface area (Å²) in [6.07, 6.45) is 0.828. The molecule has 1 aliphatic heterocycles. The van der Waals surface area contributed by atoms with Crippen molar-refractivity contribution in [2.45, 2.75) is 13.3 Å². The standard InChI is InChI=1S/C10H18N2O4/c1-10(2-3-11-7-10)9(15)12-4-5-16-6-8(13)14/h11H,2-7H2,1H3,(H,12,15)(H,13,14). The molecular weight excluding hydrogens is 212 g/mol. The molecule has 6 nitrogen and oxygen atoms in total. The number of aliphatic carboxylic acids is 1. The van der Waals surface area contributed by atoms with Gasteiger partial charge in [0.2, 0.25) is 5.91 Å². The molecule has 1 amide bonds. The summed E-state index contributed by atoms with van der Waals surface area (Å²) in [6, 6.07) is 0. The van der Waals surface area contributed by atoms with Crippen LogP contribution in [-0.4, -0.2) is 49.8 Å². The third-order valence-electron chi connectivity index (χ3n) is 2.67. The van der Waals surface area contributed by atoms with E-state index in [4.69, 9.17) is 9.84 Å². The monoisotopic (exact) mass is 230 g/mol. The Kier molecular flexibility index (Phi) is 4.70. The fraction of sp³-hybridized carbons (Fsp3) is 0.800. The predicted octanol–water partition coefficient (Wildman–Crippen LogP) is -0.797. The first-order valence-corrected chi connectivity index (χ1v) is 5.33. The minimum atomic E-state index is -1.00. The van der Waals surface area contributed by atoms with Crippen LogP contribution in [0.3, 0.4) is 0 Å². The van der Waals surface area contributed by atoms with Crippen LogP contribution in [0.25, 0.3) is 0 Å². The van der Waals surface area contributed by atoms with Crippen molar-refractivity contribution in [2.75, 3.05) is 32.8 Å². The first-order valence-electron chi connectivity index (χ1n) is 5.33. The van der Waals surface area contributed by atoms with Crippen molar-refractivity contribution in [3.63, 3.8) is 0 Å². The average molecular weight is 230 g/mol. The Morgan fingerprint density at radius 2 is 2.31 bits per heavy atom. The van der Waals surface area contributed by atoms with Crippen LogP contribution in [0, 0.1) is 5.41 Å². The van der Waals surface area contributed by atoms with Crippen molar-refractivity contribution in [3.05, 3.63) is 0 Å². The smallest absolute Gasteiger partial charge is 0.329 e. The average Bonchev–Trinajstić information content (AvgIpc) is 2.65. The van der Waals surface area contributed by atoms with Gasteiger partial charge >= 0.3 is 5.97 Å². The quantitative estimate of drug-likeness (QED) is 0.520. The Labute approximate surface area is 94.3 Å². The highest BCUT2D eigenvalue weighted by atomic mass is 16.5. The molecule has 0 aliphatic carbocycles. The Hall–Kier alpha value is -1.14. The molecule has 16 heavy (non-hydrogen) atoms. The van der Waals surface area contributed by atoms with E-state index in [0.29, 0.717) is 13.1 Å². The lowest BCUT2D eigenvalue weighted by atomic mass is 9.89. The number of carboxylic acid groups (broad SMARTS) is 1. The topological polar surface area (TPSA) is 87.7 Å². The second-order valence-corrected chi connectivity index (χ2v) is 4.19. The fourth-order valence-electron chi connectivity index (χ4n) is 1.62. The van der Waals surface area contributed by atoms with E-state index in [1.807, 2.05) is 6.92 Å². The first kappa shape index (κ1) is 12.9. The maximum atomic E-state index is 11.7. The van der Waals surface area contributed by atoms with E-state index >= 15 is 0 Å². The Balaban J connectivity index is 2.13. The highest BCUT2D eigenvalue weighted by molar-refractivity contribution is 5.82. The van der Waals surface area contributed by atoms with Crippen molar-refractivity contribution in [1.82, 2.24) is 10.6 Å². The summed E-state index contributed by atoms with van der Waals surface area (Å²) < 4.78 is 4.81. The van der Waals surface area contributed by atoms with Crippen LogP contribution < -0.4 is 10.6 Å². The van der Waals surface area contributed by atoms with Gasteiger partial charge in [-0.1, -0.05) is 0 Å². The second-order valence-electron chi connectivity index (χ2n) is 4.19. The number of hydrogen-bond acceptors (Lipinski definition) is 4. The molecule has 1 rings (SSSR count). The summed E-state index contributed by atoms with van der Waals surface area (Å²) in [6.45, 7) is 3.71. The number of carboxylic acids is 1. The van der Waals surface area contributed by atoms with Crippen LogP contribution in [0.15, 0.2) is 0 Å². The SMILES string of the molecule is CC1(C(=O)NCCOCC(=O)O)CCNC1. The van der Waals surface area contributed by atoms with Crippen LogP contribution in [0.2, 0.25) is 0 Å². The summed E-state index contributed by atoms with van der Waals surface area (Å²) in [7, 11) is 0. The molecule has 0 aromatic heterocycles. The summed E-state index contributed by atoms with van der Waals surface area (Å²) >= 11 is 0. The van der Waals surface area contributed by atoms with Crippen LogP contribution in [0.4, 0.5) is 0 Å². The number of ether oxygens (including phenoxy) is 1. The molecule has 1 unspecified atom stereocenters. The molecule has 1 heterocycles. The predicted molar refractivity (Wildman–Crippen MR) is 57.1 cm³/mol. The van der Waals surface area contributed by atoms with Gasteiger partial charge in [-0.05, 0) is 19.9 Å². The normalized spacial score (nSPS) is 24.3. The van der Waals surface area contributed by atoms with Crippen molar-refractivity contribution >= 4 is 11.9 Å². The van der Waals surface area contributed by atoms with Crippen molar-refractivity contribution in [3.8, 4) is 0 Å². The molecule has 0 saturated carbocycles. The zero-order valence-corrected chi connectivity index (χ0v) is 9.41. The van der Waals surface area contributed by atoms with Crippen molar-refractivity contribution in [2.24, 2.45) is 5.41 Å². The molecule has 0 aromatic carbocycles. The Morgan fingerprint density at radius 1 is 1.56 bits per heavy atom. The molecule has 1 atom stereocenters. The van der Waals surface area contributed by atoms with Gasteiger partial charge in [0.1, 0.15) is 6.61 Å². The maximum absolute atomic E-state index is 11.7. The van der Waals surface area contributed by atoms with Gasteiger partial charge in [-0.2, -0.15) is 0 Å². The van der Waals surface area contributed by atoms with E-state index in [1.54, 1.807) is 0 Å². The number of rotatable bonds is 6. The summed E-state index contributed by atoms with van der Waals surface area (Å²) in [5.41, 5.74) is -0.340. The van der Waals surface area contributed by atoms with Crippen LogP contribution >= 0.6 is 0 Å². The van der Waals surface area contributed by atoms with E-state index in [2.05, 4.69) is 10.6 Å². The summed E-state index contributed by atoms with van der Waals surface area (Å²) in [4.78, 5) is 21.9. The molecule has 1 fully saturated rings. The van der Waals surface area contributed by atoms with Gasteiger partial charge in [0.25, 0.3) is 0 Å². The van der Waals surface area contributed by atoms with Crippen LogP contribution in [0.1, 0.15) is 13.3 Å². The number of hydrogen-bond donors (Lipinski definition) is 3. The van der Waals surface area contributed by atoms with E-state index in [9.17, 15) is 9.59 Å². The lowest BCUT2D eigenvalue weighted by molar-refractivity contribution is -0.142. The molecule has 1 saturated heterocycles. The van der Waals surface area contributed by atoms with Gasteiger partial charge in [-0.25, -0.2) is 4.79 Å². The van der Waals surface area contributed by atoms with Gasteiger partial charge in [-0.15, -0.1) is 0 Å². The minimum absolute atomic E-state index is 0.00331.